The molecule has 0 fully saturated rings. The molecule has 24 heavy (non-hydrogen) atoms. The van der Waals surface area contributed by atoms with Gasteiger partial charge in [0.1, 0.15) is 5.75 Å². The van der Waals surface area contributed by atoms with Crippen LogP contribution in [0.5, 0.6) is 5.75 Å². The van der Waals surface area contributed by atoms with Gasteiger partial charge in [-0.15, -0.1) is 0 Å². The molecule has 0 N–H and O–H groups in total. The van der Waals surface area contributed by atoms with Crippen molar-refractivity contribution in [2.24, 2.45) is 5.10 Å². The molecule has 4 rings (SSSR count). The molecule has 6 heteroatoms. The number of benzene rings is 2. The van der Waals surface area contributed by atoms with E-state index in [1.54, 1.807) is 18.9 Å². The topological polar surface area (TPSA) is 39.4 Å². The Kier molecular flexibility index (Phi) is 4.16. The molecule has 3 aromatic rings. The molecule has 2 heterocycles. The lowest BCUT2D eigenvalue weighted by Crippen LogP contribution is -2.12. The summed E-state index contributed by atoms with van der Waals surface area (Å²) in [5.41, 5.74) is 4.15. The van der Waals surface area contributed by atoms with Crippen LogP contribution in [0.3, 0.4) is 0 Å². The first-order valence-electron chi connectivity index (χ1n) is 7.44. The molecule has 0 bridgehead atoms. The Morgan fingerprint density at radius 2 is 1.96 bits per heavy atom. The highest BCUT2D eigenvalue weighted by Crippen LogP contribution is 2.30. The van der Waals surface area contributed by atoms with Crippen molar-refractivity contribution in [1.82, 2.24) is 9.66 Å². The average Bonchev–Trinajstić information content (AvgIpc) is 3.05. The first-order chi connectivity index (χ1) is 11.7. The van der Waals surface area contributed by atoms with Crippen LogP contribution < -0.4 is 4.74 Å². The van der Waals surface area contributed by atoms with E-state index < -0.39 is 0 Å². The lowest BCUT2D eigenvalue weighted by molar-refractivity contribution is 0.412. The first kappa shape index (κ1) is 15.5. The van der Waals surface area contributed by atoms with Crippen LogP contribution >= 0.6 is 27.7 Å². The number of aromatic nitrogens is 2. The quantitative estimate of drug-likeness (QED) is 0.641. The first-order valence-corrected chi connectivity index (χ1v) is 9.22. The van der Waals surface area contributed by atoms with Crippen LogP contribution in [0.1, 0.15) is 5.56 Å². The van der Waals surface area contributed by atoms with Gasteiger partial charge >= 0.3 is 0 Å². The van der Waals surface area contributed by atoms with Gasteiger partial charge in [-0.05, 0) is 34.1 Å². The van der Waals surface area contributed by atoms with E-state index in [1.165, 1.54) is 0 Å². The Hall–Kier alpha value is -2.05. The average molecular weight is 400 g/mol. The summed E-state index contributed by atoms with van der Waals surface area (Å²) in [6.45, 7) is 0. The highest BCUT2D eigenvalue weighted by Gasteiger charge is 2.18. The third-order valence-electron chi connectivity index (χ3n) is 3.78. The van der Waals surface area contributed by atoms with Gasteiger partial charge in [0, 0.05) is 16.9 Å². The minimum absolute atomic E-state index is 0.796. The minimum atomic E-state index is 0.796. The van der Waals surface area contributed by atoms with E-state index in [9.17, 15) is 0 Å². The summed E-state index contributed by atoms with van der Waals surface area (Å²) in [7, 11) is 1.66. The van der Waals surface area contributed by atoms with Crippen LogP contribution in [0.15, 0.2) is 69.5 Å². The second-order valence-electron chi connectivity index (χ2n) is 5.30. The van der Waals surface area contributed by atoms with Gasteiger partial charge in [0.05, 0.1) is 29.2 Å². The van der Waals surface area contributed by atoms with E-state index in [-0.39, 0.29) is 0 Å². The maximum absolute atomic E-state index is 5.29. The third-order valence-corrected chi connectivity index (χ3v) is 5.35. The molecule has 0 aliphatic carbocycles. The van der Waals surface area contributed by atoms with Crippen molar-refractivity contribution < 1.29 is 4.74 Å². The number of hydrogen-bond donors (Lipinski definition) is 0. The molecule has 1 aromatic heterocycles. The van der Waals surface area contributed by atoms with Gasteiger partial charge in [0.15, 0.2) is 5.16 Å². The molecule has 2 aromatic carbocycles. The normalized spacial score (nSPS) is 13.3. The standard InChI is InChI=1S/C18H14BrN3OS/c1-23-17-8-7-13(9-14(17)19)16-11-24-18-20-15(10-22(18)21-16)12-5-3-2-4-6-12/h2-10H,11H2,1H3. The highest BCUT2D eigenvalue weighted by molar-refractivity contribution is 9.10. The van der Waals surface area contributed by atoms with E-state index in [2.05, 4.69) is 33.0 Å². The SMILES string of the molecule is COc1ccc(C2=Nn3cc(-c4ccccc4)nc3SC2)cc1Br. The number of ether oxygens (including phenoxy) is 1. The van der Waals surface area contributed by atoms with Crippen molar-refractivity contribution in [1.29, 1.82) is 0 Å². The van der Waals surface area contributed by atoms with E-state index in [1.807, 2.05) is 47.3 Å². The summed E-state index contributed by atoms with van der Waals surface area (Å²) in [6.07, 6.45) is 1.98. The molecule has 0 atom stereocenters. The smallest absolute Gasteiger partial charge is 0.189 e. The zero-order valence-electron chi connectivity index (χ0n) is 12.9. The predicted octanol–water partition coefficient (Wildman–Crippen LogP) is 4.68. The number of hydrogen-bond acceptors (Lipinski definition) is 4. The van der Waals surface area contributed by atoms with Gasteiger partial charge < -0.3 is 4.74 Å². The maximum atomic E-state index is 5.29. The van der Waals surface area contributed by atoms with E-state index in [4.69, 9.17) is 9.84 Å². The van der Waals surface area contributed by atoms with Gasteiger partial charge in [-0.2, -0.15) is 5.10 Å². The van der Waals surface area contributed by atoms with E-state index >= 15 is 0 Å². The zero-order chi connectivity index (χ0) is 16.5. The molecular formula is C18H14BrN3OS. The summed E-state index contributed by atoms with van der Waals surface area (Å²) >= 11 is 5.23. The molecule has 0 spiro atoms. The number of methoxy groups -OCH3 is 1. The van der Waals surface area contributed by atoms with Crippen molar-refractivity contribution in [3.05, 3.63) is 64.8 Å². The number of rotatable bonds is 3. The Labute approximate surface area is 152 Å². The second kappa shape index (κ2) is 6.45. The largest absolute Gasteiger partial charge is 0.496 e. The van der Waals surface area contributed by atoms with Crippen LogP contribution in [-0.2, 0) is 0 Å². The molecule has 0 amide bonds. The van der Waals surface area contributed by atoms with Crippen LogP contribution in [0.25, 0.3) is 11.3 Å². The van der Waals surface area contributed by atoms with Crippen LogP contribution in [-0.4, -0.2) is 28.2 Å². The van der Waals surface area contributed by atoms with Crippen molar-refractivity contribution in [2.45, 2.75) is 5.16 Å². The molecule has 0 saturated carbocycles. The minimum Gasteiger partial charge on any atom is -0.496 e. The summed E-state index contributed by atoms with van der Waals surface area (Å²) < 4.78 is 8.08. The van der Waals surface area contributed by atoms with Gasteiger partial charge in [0.25, 0.3) is 0 Å². The molecule has 1 aliphatic rings. The molecule has 0 saturated heterocycles. The van der Waals surface area contributed by atoms with Crippen LogP contribution in [0.4, 0.5) is 0 Å². The lowest BCUT2D eigenvalue weighted by atomic mass is 10.1. The Morgan fingerprint density at radius 1 is 1.12 bits per heavy atom. The second-order valence-corrected chi connectivity index (χ2v) is 7.10. The zero-order valence-corrected chi connectivity index (χ0v) is 15.3. The van der Waals surface area contributed by atoms with Crippen LogP contribution in [0.2, 0.25) is 0 Å². The van der Waals surface area contributed by atoms with E-state index in [0.717, 1.165) is 43.7 Å². The highest BCUT2D eigenvalue weighted by atomic mass is 79.9. The maximum Gasteiger partial charge on any atom is 0.189 e. The number of nitrogens with zero attached hydrogens (tertiary/aromatic N) is 3. The Morgan fingerprint density at radius 3 is 2.71 bits per heavy atom. The molecule has 0 radical (unpaired) electrons. The van der Waals surface area contributed by atoms with Gasteiger partial charge in [-0.25, -0.2) is 9.66 Å². The summed E-state index contributed by atoms with van der Waals surface area (Å²) in [5, 5.41) is 5.67. The van der Waals surface area contributed by atoms with Crippen molar-refractivity contribution in [3.63, 3.8) is 0 Å². The number of halogens is 1. The molecule has 1 aliphatic heterocycles. The fourth-order valence-electron chi connectivity index (χ4n) is 2.55. The fraction of sp³-hybridized carbons (Fsp3) is 0.111. The van der Waals surface area contributed by atoms with E-state index in [0.29, 0.717) is 0 Å². The van der Waals surface area contributed by atoms with Crippen LogP contribution in [0, 0.1) is 0 Å². The van der Waals surface area contributed by atoms with Gasteiger partial charge in [-0.1, -0.05) is 42.1 Å². The number of thioether (sulfide) groups is 1. The van der Waals surface area contributed by atoms with Crippen molar-refractivity contribution in [2.75, 3.05) is 12.9 Å². The van der Waals surface area contributed by atoms with Crippen molar-refractivity contribution >= 4 is 33.4 Å². The fourth-order valence-corrected chi connectivity index (χ4v) is 3.97. The molecule has 120 valence electrons. The molecule has 0 unspecified atom stereocenters. The predicted molar refractivity (Wildman–Crippen MR) is 101 cm³/mol. The number of imidazole rings is 1. The monoisotopic (exact) mass is 399 g/mol. The summed E-state index contributed by atoms with van der Waals surface area (Å²) in [5.74, 6) is 1.61. The molecular weight excluding hydrogens is 386 g/mol. The molecule has 4 nitrogen and oxygen atoms in total. The lowest BCUT2D eigenvalue weighted by Gasteiger charge is -2.13. The Bertz CT molecular complexity index is 921. The van der Waals surface area contributed by atoms with Crippen molar-refractivity contribution in [3.8, 4) is 17.0 Å². The summed E-state index contributed by atoms with van der Waals surface area (Å²) in [6, 6.07) is 16.2. The Balaban J connectivity index is 1.69. The third kappa shape index (κ3) is 2.87. The van der Waals surface area contributed by atoms with Gasteiger partial charge in [-0.3, -0.25) is 0 Å². The number of fused-ring (bicyclic) bond motifs is 1. The summed E-state index contributed by atoms with van der Waals surface area (Å²) in [4.78, 5) is 4.68. The van der Waals surface area contributed by atoms with Gasteiger partial charge in [0.2, 0.25) is 0 Å².